The van der Waals surface area contributed by atoms with Crippen LogP contribution in [0.25, 0.3) is 0 Å². The summed E-state index contributed by atoms with van der Waals surface area (Å²) in [5, 5.41) is 3.63. The molecule has 1 aliphatic rings. The van der Waals surface area contributed by atoms with Crippen LogP contribution in [0.1, 0.15) is 33.1 Å². The minimum atomic E-state index is 0.729. The number of nitrogens with one attached hydrogen (secondary N) is 1. The summed E-state index contributed by atoms with van der Waals surface area (Å²) >= 11 is 0. The molecular weight excluding hydrogens is 198 g/mol. The highest BCUT2D eigenvalue weighted by molar-refractivity contribution is 4.70. The monoisotopic (exact) mass is 227 g/mol. The lowest BCUT2D eigenvalue weighted by molar-refractivity contribution is 0.152. The van der Waals surface area contributed by atoms with Gasteiger partial charge in [-0.25, -0.2) is 0 Å². The SMILES string of the molecule is CCC(CC)NCCCN1CCN(C)CC1. The van der Waals surface area contributed by atoms with E-state index in [4.69, 9.17) is 0 Å². The Hall–Kier alpha value is -0.120. The Balaban J connectivity index is 1.98. The summed E-state index contributed by atoms with van der Waals surface area (Å²) in [6.07, 6.45) is 3.80. The van der Waals surface area contributed by atoms with Gasteiger partial charge in [0.25, 0.3) is 0 Å². The summed E-state index contributed by atoms with van der Waals surface area (Å²) in [5.74, 6) is 0. The summed E-state index contributed by atoms with van der Waals surface area (Å²) in [6.45, 7) is 12.0. The van der Waals surface area contributed by atoms with Gasteiger partial charge in [0, 0.05) is 32.2 Å². The van der Waals surface area contributed by atoms with E-state index in [-0.39, 0.29) is 0 Å². The normalized spacial score (nSPS) is 19.5. The molecule has 96 valence electrons. The van der Waals surface area contributed by atoms with Gasteiger partial charge in [-0.1, -0.05) is 13.8 Å². The highest BCUT2D eigenvalue weighted by Crippen LogP contribution is 2.00. The Morgan fingerprint density at radius 2 is 1.69 bits per heavy atom. The van der Waals surface area contributed by atoms with Crippen molar-refractivity contribution in [1.29, 1.82) is 0 Å². The van der Waals surface area contributed by atoms with Gasteiger partial charge >= 0.3 is 0 Å². The Morgan fingerprint density at radius 3 is 2.25 bits per heavy atom. The molecule has 0 aromatic rings. The molecule has 0 bridgehead atoms. The maximum atomic E-state index is 3.63. The van der Waals surface area contributed by atoms with Crippen LogP contribution < -0.4 is 5.32 Å². The second-order valence-corrected chi connectivity index (χ2v) is 4.97. The van der Waals surface area contributed by atoms with Crippen LogP contribution in [0.15, 0.2) is 0 Å². The van der Waals surface area contributed by atoms with Gasteiger partial charge in [0.2, 0.25) is 0 Å². The van der Waals surface area contributed by atoms with Crippen LogP contribution in [0.5, 0.6) is 0 Å². The van der Waals surface area contributed by atoms with Crippen molar-refractivity contribution in [2.75, 3.05) is 46.3 Å². The molecule has 1 saturated heterocycles. The Kier molecular flexibility index (Phi) is 7.01. The van der Waals surface area contributed by atoms with Crippen LogP contribution in [0.3, 0.4) is 0 Å². The third-order valence-electron chi connectivity index (χ3n) is 3.67. The highest BCUT2D eigenvalue weighted by atomic mass is 15.2. The smallest absolute Gasteiger partial charge is 0.0110 e. The predicted octanol–water partition coefficient (Wildman–Crippen LogP) is 1.40. The lowest BCUT2D eigenvalue weighted by Crippen LogP contribution is -2.45. The van der Waals surface area contributed by atoms with Gasteiger partial charge in [0.05, 0.1) is 0 Å². The molecule has 0 spiro atoms. The third kappa shape index (κ3) is 5.28. The molecule has 1 aliphatic heterocycles. The van der Waals surface area contributed by atoms with E-state index >= 15 is 0 Å². The molecule has 0 atom stereocenters. The molecule has 16 heavy (non-hydrogen) atoms. The van der Waals surface area contributed by atoms with Gasteiger partial charge in [-0.05, 0) is 39.4 Å². The van der Waals surface area contributed by atoms with Crippen molar-refractivity contribution in [2.45, 2.75) is 39.2 Å². The Labute approximate surface area is 101 Å². The zero-order valence-corrected chi connectivity index (χ0v) is 11.3. The molecule has 3 nitrogen and oxygen atoms in total. The Morgan fingerprint density at radius 1 is 1.06 bits per heavy atom. The van der Waals surface area contributed by atoms with Crippen molar-refractivity contribution in [3.05, 3.63) is 0 Å². The lowest BCUT2D eigenvalue weighted by atomic mass is 10.1. The first-order valence-corrected chi connectivity index (χ1v) is 6.90. The van der Waals surface area contributed by atoms with Gasteiger partial charge in [0.1, 0.15) is 0 Å². The first-order chi connectivity index (χ1) is 7.76. The number of rotatable bonds is 7. The minimum Gasteiger partial charge on any atom is -0.314 e. The fourth-order valence-corrected chi connectivity index (χ4v) is 2.26. The number of hydrogen-bond donors (Lipinski definition) is 1. The van der Waals surface area contributed by atoms with E-state index in [0.717, 1.165) is 6.04 Å². The fourth-order valence-electron chi connectivity index (χ4n) is 2.26. The molecule has 1 heterocycles. The second kappa shape index (κ2) is 8.04. The topological polar surface area (TPSA) is 18.5 Å². The van der Waals surface area contributed by atoms with Gasteiger partial charge in [-0.3, -0.25) is 0 Å². The van der Waals surface area contributed by atoms with Crippen LogP contribution in [0.4, 0.5) is 0 Å². The number of likely N-dealkylation sites (N-methyl/N-ethyl adjacent to an activating group) is 1. The molecule has 0 unspecified atom stereocenters. The summed E-state index contributed by atoms with van der Waals surface area (Å²) in [6, 6.07) is 0.729. The van der Waals surface area contributed by atoms with Crippen LogP contribution >= 0.6 is 0 Å². The standard InChI is InChI=1S/C13H29N3/c1-4-13(5-2)14-7-6-8-16-11-9-15(3)10-12-16/h13-14H,4-12H2,1-3H3. The fraction of sp³-hybridized carbons (Fsp3) is 1.00. The van der Waals surface area contributed by atoms with Crippen molar-refractivity contribution in [2.24, 2.45) is 0 Å². The summed E-state index contributed by atoms with van der Waals surface area (Å²) < 4.78 is 0. The maximum absolute atomic E-state index is 3.63. The largest absolute Gasteiger partial charge is 0.314 e. The van der Waals surface area contributed by atoms with E-state index in [9.17, 15) is 0 Å². The van der Waals surface area contributed by atoms with E-state index in [1.165, 1.54) is 58.5 Å². The zero-order chi connectivity index (χ0) is 11.8. The quantitative estimate of drug-likeness (QED) is 0.663. The van der Waals surface area contributed by atoms with Gasteiger partial charge in [-0.15, -0.1) is 0 Å². The second-order valence-electron chi connectivity index (χ2n) is 4.97. The molecule has 0 aliphatic carbocycles. The van der Waals surface area contributed by atoms with E-state index in [1.54, 1.807) is 0 Å². The van der Waals surface area contributed by atoms with Crippen LogP contribution in [-0.2, 0) is 0 Å². The van der Waals surface area contributed by atoms with Gasteiger partial charge in [0.15, 0.2) is 0 Å². The average molecular weight is 227 g/mol. The molecule has 0 radical (unpaired) electrons. The molecule has 0 aromatic carbocycles. The number of hydrogen-bond acceptors (Lipinski definition) is 3. The third-order valence-corrected chi connectivity index (χ3v) is 3.67. The summed E-state index contributed by atoms with van der Waals surface area (Å²) in [7, 11) is 2.21. The first-order valence-electron chi connectivity index (χ1n) is 6.90. The maximum Gasteiger partial charge on any atom is 0.0110 e. The molecule has 1 N–H and O–H groups in total. The van der Waals surface area contributed by atoms with Crippen LogP contribution in [0, 0.1) is 0 Å². The minimum absolute atomic E-state index is 0.729. The molecule has 3 heteroatoms. The molecule has 0 aromatic heterocycles. The van der Waals surface area contributed by atoms with E-state index in [2.05, 4.69) is 36.0 Å². The van der Waals surface area contributed by atoms with Crippen molar-refractivity contribution in [1.82, 2.24) is 15.1 Å². The van der Waals surface area contributed by atoms with Gasteiger partial charge < -0.3 is 15.1 Å². The van der Waals surface area contributed by atoms with Crippen LogP contribution in [-0.4, -0.2) is 62.2 Å². The predicted molar refractivity (Wildman–Crippen MR) is 70.9 cm³/mol. The van der Waals surface area contributed by atoms with E-state index < -0.39 is 0 Å². The zero-order valence-electron chi connectivity index (χ0n) is 11.3. The van der Waals surface area contributed by atoms with Crippen molar-refractivity contribution < 1.29 is 0 Å². The van der Waals surface area contributed by atoms with E-state index in [0.29, 0.717) is 0 Å². The summed E-state index contributed by atoms with van der Waals surface area (Å²) in [5.41, 5.74) is 0. The van der Waals surface area contributed by atoms with Crippen molar-refractivity contribution in [3.63, 3.8) is 0 Å². The van der Waals surface area contributed by atoms with Crippen molar-refractivity contribution in [3.8, 4) is 0 Å². The van der Waals surface area contributed by atoms with E-state index in [1.807, 2.05) is 0 Å². The Bertz CT molecular complexity index is 161. The highest BCUT2D eigenvalue weighted by Gasteiger charge is 2.12. The van der Waals surface area contributed by atoms with Crippen molar-refractivity contribution >= 4 is 0 Å². The number of nitrogens with zero attached hydrogens (tertiary/aromatic N) is 2. The van der Waals surface area contributed by atoms with Gasteiger partial charge in [-0.2, -0.15) is 0 Å². The lowest BCUT2D eigenvalue weighted by Gasteiger charge is -2.32. The molecule has 1 fully saturated rings. The molecule has 0 amide bonds. The molecule has 1 rings (SSSR count). The van der Waals surface area contributed by atoms with Crippen LogP contribution in [0.2, 0.25) is 0 Å². The number of piperazine rings is 1. The first kappa shape index (κ1) is 13.9. The molecular formula is C13H29N3. The molecule has 0 saturated carbocycles. The average Bonchev–Trinajstić information content (AvgIpc) is 2.32. The summed E-state index contributed by atoms with van der Waals surface area (Å²) in [4.78, 5) is 5.01.